The number of nitrogens with one attached hydrogen (secondary N) is 2. The Labute approximate surface area is 142 Å². The van der Waals surface area contributed by atoms with E-state index in [1.54, 1.807) is 0 Å². The Morgan fingerprint density at radius 1 is 1.25 bits per heavy atom. The van der Waals surface area contributed by atoms with Crippen molar-refractivity contribution in [2.24, 2.45) is 17.4 Å². The van der Waals surface area contributed by atoms with Crippen LogP contribution in [0.3, 0.4) is 0 Å². The first-order chi connectivity index (χ1) is 11.5. The molecule has 5 nitrogen and oxygen atoms in total. The van der Waals surface area contributed by atoms with Gasteiger partial charge in [-0.1, -0.05) is 18.2 Å². The summed E-state index contributed by atoms with van der Waals surface area (Å²) in [5.41, 5.74) is 15.8. The summed E-state index contributed by atoms with van der Waals surface area (Å²) >= 11 is 0. The second kappa shape index (κ2) is 7.09. The highest BCUT2D eigenvalue weighted by atomic mass is 16.1. The molecular formula is C19H26N4O. The summed E-state index contributed by atoms with van der Waals surface area (Å²) in [4.78, 5) is 14.8. The average molecular weight is 326 g/mol. The predicted molar refractivity (Wildman–Crippen MR) is 97.9 cm³/mol. The number of aryl methyl sites for hydroxylation is 1. The van der Waals surface area contributed by atoms with Crippen molar-refractivity contribution in [3.05, 3.63) is 41.6 Å². The van der Waals surface area contributed by atoms with Crippen LogP contribution < -0.4 is 16.8 Å². The third kappa shape index (κ3) is 3.62. The van der Waals surface area contributed by atoms with E-state index in [1.807, 2.05) is 25.1 Å². The van der Waals surface area contributed by atoms with Crippen LogP contribution in [0, 0.1) is 12.8 Å². The van der Waals surface area contributed by atoms with Gasteiger partial charge in [-0.3, -0.25) is 4.79 Å². The number of hydrogen-bond donors (Lipinski definition) is 4. The maximum atomic E-state index is 11.5. The van der Waals surface area contributed by atoms with Crippen molar-refractivity contribution < 1.29 is 4.79 Å². The third-order valence-electron chi connectivity index (χ3n) is 4.97. The van der Waals surface area contributed by atoms with E-state index in [9.17, 15) is 4.79 Å². The number of amides is 1. The molecule has 0 atom stereocenters. The second-order valence-electron chi connectivity index (χ2n) is 6.79. The first-order valence-corrected chi connectivity index (χ1v) is 8.63. The molecule has 3 rings (SSSR count). The van der Waals surface area contributed by atoms with E-state index in [4.69, 9.17) is 11.5 Å². The van der Waals surface area contributed by atoms with Gasteiger partial charge in [0.25, 0.3) is 5.91 Å². The van der Waals surface area contributed by atoms with Gasteiger partial charge in [-0.2, -0.15) is 0 Å². The number of aromatic amines is 1. The lowest BCUT2D eigenvalue weighted by molar-refractivity contribution is 0.1000. The van der Waals surface area contributed by atoms with Crippen molar-refractivity contribution in [2.45, 2.75) is 38.6 Å². The molecule has 2 aromatic rings. The maximum Gasteiger partial charge on any atom is 0.250 e. The minimum absolute atomic E-state index is 0.377. The lowest BCUT2D eigenvalue weighted by Gasteiger charge is -2.26. The lowest BCUT2D eigenvalue weighted by Crippen LogP contribution is -2.29. The van der Waals surface area contributed by atoms with Crippen LogP contribution >= 0.6 is 0 Å². The zero-order chi connectivity index (χ0) is 17.1. The van der Waals surface area contributed by atoms with Crippen molar-refractivity contribution in [3.8, 4) is 11.3 Å². The first-order valence-electron chi connectivity index (χ1n) is 8.63. The molecular weight excluding hydrogens is 300 g/mol. The highest BCUT2D eigenvalue weighted by Gasteiger charge is 2.19. The van der Waals surface area contributed by atoms with Crippen LogP contribution in [0.1, 0.15) is 41.7 Å². The molecule has 0 spiro atoms. The van der Waals surface area contributed by atoms with Gasteiger partial charge in [0.15, 0.2) is 0 Å². The molecule has 1 saturated carbocycles. The number of carbonyl (C=O) groups is 1. The van der Waals surface area contributed by atoms with Crippen LogP contribution in [0.25, 0.3) is 11.3 Å². The largest absolute Gasteiger partial charge is 0.384 e. The fraction of sp³-hybridized carbons (Fsp3) is 0.421. The molecule has 1 aliphatic rings. The van der Waals surface area contributed by atoms with Crippen molar-refractivity contribution in [2.75, 3.05) is 11.9 Å². The Morgan fingerprint density at radius 2 is 1.96 bits per heavy atom. The standard InChI is InChI=1S/C19H26N4O/c1-12-16(19(21)24)10-18(23-12)15-4-2-3-5-17(15)22-11-13-6-8-14(20)9-7-13/h2-5,10,13-14,22-23H,6-9,11,20H2,1H3,(H2,21,24)/t13-,14-. The van der Waals surface area contributed by atoms with Crippen LogP contribution in [-0.2, 0) is 0 Å². The monoisotopic (exact) mass is 326 g/mol. The zero-order valence-electron chi connectivity index (χ0n) is 14.1. The second-order valence-corrected chi connectivity index (χ2v) is 6.79. The predicted octanol–water partition coefficient (Wildman–Crippen LogP) is 3.02. The number of anilines is 1. The number of carbonyl (C=O) groups excluding carboxylic acids is 1. The van der Waals surface area contributed by atoms with Gasteiger partial charge in [0.05, 0.1) is 5.56 Å². The molecule has 1 amide bonds. The van der Waals surface area contributed by atoms with Crippen molar-refractivity contribution >= 4 is 11.6 Å². The van der Waals surface area contributed by atoms with E-state index in [0.717, 1.165) is 42.0 Å². The molecule has 1 heterocycles. The Morgan fingerprint density at radius 3 is 2.62 bits per heavy atom. The van der Waals surface area contributed by atoms with Gasteiger partial charge in [0.2, 0.25) is 0 Å². The third-order valence-corrected chi connectivity index (χ3v) is 4.97. The minimum Gasteiger partial charge on any atom is -0.384 e. The average Bonchev–Trinajstić information content (AvgIpc) is 2.96. The van der Waals surface area contributed by atoms with Gasteiger partial charge in [-0.25, -0.2) is 0 Å². The quantitative estimate of drug-likeness (QED) is 0.680. The van der Waals surface area contributed by atoms with E-state index < -0.39 is 5.91 Å². The van der Waals surface area contributed by atoms with Crippen LogP contribution in [0.2, 0.25) is 0 Å². The SMILES string of the molecule is Cc1[nH]c(-c2ccccc2NC[C@H]2CC[C@H](N)CC2)cc1C(N)=O. The number of aromatic nitrogens is 1. The van der Waals surface area contributed by atoms with Gasteiger partial charge in [0, 0.05) is 35.2 Å². The molecule has 1 fully saturated rings. The molecule has 0 unspecified atom stereocenters. The van der Waals surface area contributed by atoms with Gasteiger partial charge in [-0.15, -0.1) is 0 Å². The molecule has 1 aliphatic carbocycles. The van der Waals surface area contributed by atoms with Gasteiger partial charge >= 0.3 is 0 Å². The molecule has 24 heavy (non-hydrogen) atoms. The van der Waals surface area contributed by atoms with Crippen LogP contribution in [0.4, 0.5) is 5.69 Å². The molecule has 128 valence electrons. The molecule has 6 N–H and O–H groups in total. The van der Waals surface area contributed by atoms with E-state index in [-0.39, 0.29) is 0 Å². The van der Waals surface area contributed by atoms with Crippen LogP contribution in [0.5, 0.6) is 0 Å². The number of H-pyrrole nitrogens is 1. The molecule has 5 heteroatoms. The summed E-state index contributed by atoms with van der Waals surface area (Å²) in [5.74, 6) is 0.267. The summed E-state index contributed by atoms with van der Waals surface area (Å²) < 4.78 is 0. The molecule has 0 bridgehead atoms. The van der Waals surface area contributed by atoms with Gasteiger partial charge < -0.3 is 21.8 Å². The zero-order valence-corrected chi connectivity index (χ0v) is 14.1. The highest BCUT2D eigenvalue weighted by Crippen LogP contribution is 2.30. The van der Waals surface area contributed by atoms with E-state index in [1.165, 1.54) is 12.8 Å². The highest BCUT2D eigenvalue weighted by molar-refractivity contribution is 5.96. The van der Waals surface area contributed by atoms with Crippen molar-refractivity contribution in [1.82, 2.24) is 4.98 Å². The summed E-state index contributed by atoms with van der Waals surface area (Å²) in [6.07, 6.45) is 4.60. The maximum absolute atomic E-state index is 11.5. The number of benzene rings is 1. The fourth-order valence-electron chi connectivity index (χ4n) is 3.48. The number of rotatable bonds is 5. The van der Waals surface area contributed by atoms with Crippen molar-refractivity contribution in [3.63, 3.8) is 0 Å². The number of hydrogen-bond acceptors (Lipinski definition) is 3. The van der Waals surface area contributed by atoms with E-state index in [2.05, 4.69) is 22.4 Å². The van der Waals surface area contributed by atoms with E-state index >= 15 is 0 Å². The minimum atomic E-state index is -0.404. The molecule has 0 aliphatic heterocycles. The Kier molecular flexibility index (Phi) is 4.90. The molecule has 1 aromatic carbocycles. The first kappa shape index (κ1) is 16.6. The fourth-order valence-corrected chi connectivity index (χ4v) is 3.48. The molecule has 0 radical (unpaired) electrons. The Bertz CT molecular complexity index is 714. The smallest absolute Gasteiger partial charge is 0.250 e. The van der Waals surface area contributed by atoms with E-state index in [0.29, 0.717) is 17.5 Å². The van der Waals surface area contributed by atoms with Crippen molar-refractivity contribution in [1.29, 1.82) is 0 Å². The summed E-state index contributed by atoms with van der Waals surface area (Å²) in [5, 5.41) is 3.58. The summed E-state index contributed by atoms with van der Waals surface area (Å²) in [6, 6.07) is 10.4. The van der Waals surface area contributed by atoms with Crippen LogP contribution in [0.15, 0.2) is 30.3 Å². The lowest BCUT2D eigenvalue weighted by atomic mass is 9.86. The summed E-state index contributed by atoms with van der Waals surface area (Å²) in [6.45, 7) is 2.82. The summed E-state index contributed by atoms with van der Waals surface area (Å²) in [7, 11) is 0. The molecule has 0 saturated heterocycles. The number of nitrogens with two attached hydrogens (primary N) is 2. The van der Waals surface area contributed by atoms with Crippen LogP contribution in [-0.4, -0.2) is 23.5 Å². The molecule has 1 aromatic heterocycles. The number of primary amides is 1. The topological polar surface area (TPSA) is 96.9 Å². The normalized spacial score (nSPS) is 20.8. The van der Waals surface area contributed by atoms with Gasteiger partial charge in [0.1, 0.15) is 0 Å². The number of para-hydroxylation sites is 1. The Hall–Kier alpha value is -2.27. The van der Waals surface area contributed by atoms with Gasteiger partial charge in [-0.05, 0) is 50.7 Å². The Balaban J connectivity index is 1.76.